The second-order valence-corrected chi connectivity index (χ2v) is 12.9. The summed E-state index contributed by atoms with van der Waals surface area (Å²) in [7, 11) is 1.43. The van der Waals surface area contributed by atoms with E-state index in [2.05, 4.69) is 31.9 Å². The summed E-state index contributed by atoms with van der Waals surface area (Å²) in [5, 5.41) is 10.7. The highest BCUT2D eigenvalue weighted by Gasteiger charge is 2.65. The van der Waals surface area contributed by atoms with Crippen molar-refractivity contribution in [2.75, 3.05) is 12.0 Å². The number of phenolic OH excluding ortho intramolecular Hbond substituents is 1. The minimum absolute atomic E-state index is 0.0928. The Bertz CT molecular complexity index is 2020. The lowest BCUT2D eigenvalue weighted by atomic mass is 9.56. The van der Waals surface area contributed by atoms with Crippen LogP contribution in [0.4, 0.5) is 5.69 Å². The lowest BCUT2D eigenvalue weighted by molar-refractivity contribution is -0.129. The van der Waals surface area contributed by atoms with E-state index in [1.807, 2.05) is 12.1 Å². The number of aromatic nitrogens is 3. The number of halogens is 2. The summed E-state index contributed by atoms with van der Waals surface area (Å²) in [6, 6.07) is 18.4. The van der Waals surface area contributed by atoms with Crippen molar-refractivity contribution in [3.63, 3.8) is 0 Å². The molecule has 0 radical (unpaired) electrons. The van der Waals surface area contributed by atoms with E-state index < -0.39 is 34.7 Å². The number of benzene rings is 3. The van der Waals surface area contributed by atoms with E-state index in [0.717, 1.165) is 10.1 Å². The average molecular weight is 722 g/mol. The zero-order valence-electron chi connectivity index (χ0n) is 23.6. The first kappa shape index (κ1) is 28.6. The molecule has 4 atom stereocenters. The number of hydrogen-bond acceptors (Lipinski definition) is 6. The third-order valence-electron chi connectivity index (χ3n) is 9.27. The summed E-state index contributed by atoms with van der Waals surface area (Å²) in [6.07, 6.45) is 2.02. The van der Waals surface area contributed by atoms with Crippen LogP contribution in [0.5, 0.6) is 11.5 Å². The number of rotatable bonds is 4. The molecule has 0 spiro atoms. The lowest BCUT2D eigenvalue weighted by Crippen LogP contribution is -2.49. The Hall–Kier alpha value is -4.16. The third-order valence-corrected chi connectivity index (χ3v) is 11.4. The van der Waals surface area contributed by atoms with E-state index in [-0.39, 0.29) is 36.3 Å². The quantitative estimate of drug-likeness (QED) is 0.237. The molecule has 0 bridgehead atoms. The van der Waals surface area contributed by atoms with E-state index >= 15 is 0 Å². The number of imide groups is 1. The van der Waals surface area contributed by atoms with Crippen molar-refractivity contribution >= 4 is 49.4 Å². The third kappa shape index (κ3) is 3.76. The summed E-state index contributed by atoms with van der Waals surface area (Å²) >= 11 is 7.08. The fourth-order valence-corrected chi connectivity index (χ4v) is 8.18. The second kappa shape index (κ2) is 10.2. The van der Waals surface area contributed by atoms with Gasteiger partial charge in [0.15, 0.2) is 11.5 Å². The molecule has 3 heterocycles. The van der Waals surface area contributed by atoms with Crippen molar-refractivity contribution in [3.8, 4) is 17.2 Å². The van der Waals surface area contributed by atoms with Crippen LogP contribution >= 0.6 is 31.9 Å². The Morgan fingerprint density at radius 1 is 0.909 bits per heavy atom. The fraction of sp³-hybridized carbons (Fsp3) is 0.250. The smallest absolute Gasteiger partial charge is 0.352 e. The van der Waals surface area contributed by atoms with Crippen molar-refractivity contribution in [3.05, 3.63) is 114 Å². The van der Waals surface area contributed by atoms with Crippen LogP contribution in [0.25, 0.3) is 5.69 Å². The van der Waals surface area contributed by atoms with Gasteiger partial charge in [-0.1, -0.05) is 42.5 Å². The molecular weight excluding hydrogens is 696 g/mol. The molecule has 1 saturated carbocycles. The van der Waals surface area contributed by atoms with Crippen LogP contribution in [-0.2, 0) is 16.1 Å². The maximum absolute atomic E-state index is 14.5. The molecule has 1 saturated heterocycles. The van der Waals surface area contributed by atoms with Crippen molar-refractivity contribution in [2.45, 2.75) is 31.8 Å². The number of carbonyl (C=O) groups is 2. The van der Waals surface area contributed by atoms with Gasteiger partial charge in [0, 0.05) is 10.4 Å². The molecule has 4 aromatic rings. The van der Waals surface area contributed by atoms with Crippen molar-refractivity contribution in [2.24, 2.45) is 11.3 Å². The van der Waals surface area contributed by atoms with E-state index in [1.54, 1.807) is 67.6 Å². The first-order valence-corrected chi connectivity index (χ1v) is 15.6. The van der Waals surface area contributed by atoms with Crippen LogP contribution in [0.1, 0.15) is 30.9 Å². The molecule has 3 aliphatic rings. The van der Waals surface area contributed by atoms with Gasteiger partial charge in [0.05, 0.1) is 46.9 Å². The number of amides is 2. The van der Waals surface area contributed by atoms with Crippen molar-refractivity contribution < 1.29 is 19.4 Å². The van der Waals surface area contributed by atoms with Crippen molar-refractivity contribution in [1.82, 2.24) is 13.9 Å². The number of fused-ring (bicyclic) bond motifs is 4. The Balaban J connectivity index is 1.49. The van der Waals surface area contributed by atoms with Crippen LogP contribution in [0.15, 0.2) is 96.9 Å². The molecule has 7 rings (SSSR count). The first-order valence-electron chi connectivity index (χ1n) is 14.0. The number of nitrogens with zero attached hydrogens (tertiary/aromatic N) is 4. The molecular formula is C32H26Br2N4O6. The van der Waals surface area contributed by atoms with Crippen LogP contribution in [-0.4, -0.2) is 38.0 Å². The molecule has 1 aromatic heterocycles. The monoisotopic (exact) mass is 720 g/mol. The standard InChI is InChI=1S/C32H26Br2N4O6/c1-32-21(28(40)36(29(32)41)17-9-5-3-6-10-17)16-22-19(24(32)20-15-23(44-2)27(39)26(34)25(20)33)13-14-35-30(42)37(31(43)38(22)35)18-11-7-4-8-12-18/h3-13,15,21-22,24,39H,14,16H2,1-2H3/t21-,22+,24+,32+/m0/s1. The summed E-state index contributed by atoms with van der Waals surface area (Å²) < 4.78 is 10.3. The molecule has 2 fully saturated rings. The van der Waals surface area contributed by atoms with E-state index in [1.165, 1.54) is 21.4 Å². The molecule has 3 aromatic carbocycles. The molecule has 1 N–H and O–H groups in total. The van der Waals surface area contributed by atoms with Crippen molar-refractivity contribution in [1.29, 1.82) is 0 Å². The zero-order valence-corrected chi connectivity index (χ0v) is 26.8. The number of aromatic hydroxyl groups is 1. The zero-order chi connectivity index (χ0) is 31.1. The van der Waals surface area contributed by atoms with E-state index in [4.69, 9.17) is 4.74 Å². The SMILES string of the molecule is COc1cc([C@H]2C3=CCn4c(=O)n(-c5ccccc5)c(=O)n4[C@@H]3C[C@H]3C(=O)N(c4ccccc4)C(=O)[C@@]23C)c(Br)c(Br)c1O. The number of ether oxygens (including phenoxy) is 1. The maximum Gasteiger partial charge on any atom is 0.352 e. The Morgan fingerprint density at radius 2 is 1.55 bits per heavy atom. The van der Waals surface area contributed by atoms with Gasteiger partial charge in [0.25, 0.3) is 0 Å². The van der Waals surface area contributed by atoms with Crippen LogP contribution in [0, 0.1) is 11.3 Å². The average Bonchev–Trinajstić information content (AvgIpc) is 3.40. The van der Waals surface area contributed by atoms with Crippen LogP contribution < -0.4 is 21.0 Å². The van der Waals surface area contributed by atoms with Gasteiger partial charge in [-0.15, -0.1) is 0 Å². The minimum atomic E-state index is -1.27. The molecule has 44 heavy (non-hydrogen) atoms. The number of para-hydroxylation sites is 2. The molecule has 2 amide bonds. The van der Waals surface area contributed by atoms with Gasteiger partial charge in [-0.05, 0) is 86.7 Å². The molecule has 224 valence electrons. The van der Waals surface area contributed by atoms with Gasteiger partial charge < -0.3 is 9.84 Å². The molecule has 12 heteroatoms. The maximum atomic E-state index is 14.5. The number of carbonyl (C=O) groups excluding carboxylic acids is 2. The number of allylic oxidation sites excluding steroid dienone is 2. The number of phenols is 1. The molecule has 0 unspecified atom stereocenters. The van der Waals surface area contributed by atoms with Crippen LogP contribution in [0.3, 0.4) is 0 Å². The summed E-state index contributed by atoms with van der Waals surface area (Å²) in [6.45, 7) is 1.89. The topological polar surface area (TPSA) is 116 Å². The predicted octanol–water partition coefficient (Wildman–Crippen LogP) is 4.90. The van der Waals surface area contributed by atoms with Gasteiger partial charge >= 0.3 is 11.4 Å². The first-order chi connectivity index (χ1) is 21.1. The predicted molar refractivity (Wildman–Crippen MR) is 169 cm³/mol. The summed E-state index contributed by atoms with van der Waals surface area (Å²) in [4.78, 5) is 57.7. The second-order valence-electron chi connectivity index (χ2n) is 11.3. The summed E-state index contributed by atoms with van der Waals surface area (Å²) in [5.74, 6) is -2.25. The summed E-state index contributed by atoms with van der Waals surface area (Å²) in [5.41, 5.74) is -0.0667. The molecule has 2 aliphatic heterocycles. The largest absolute Gasteiger partial charge is 0.503 e. The van der Waals surface area contributed by atoms with Gasteiger partial charge in [0.1, 0.15) is 0 Å². The number of hydrogen-bond donors (Lipinski definition) is 1. The van der Waals surface area contributed by atoms with E-state index in [9.17, 15) is 24.3 Å². The molecule has 10 nitrogen and oxygen atoms in total. The van der Waals surface area contributed by atoms with Gasteiger partial charge in [-0.3, -0.25) is 9.59 Å². The lowest BCUT2D eigenvalue weighted by Gasteiger charge is -2.47. The van der Waals surface area contributed by atoms with Crippen LogP contribution in [0.2, 0.25) is 0 Å². The fourth-order valence-electron chi connectivity index (χ4n) is 7.22. The number of methoxy groups -OCH3 is 1. The Morgan fingerprint density at radius 3 is 2.18 bits per heavy atom. The Labute approximate surface area is 268 Å². The number of anilines is 1. The van der Waals surface area contributed by atoms with E-state index in [0.29, 0.717) is 25.9 Å². The highest BCUT2D eigenvalue weighted by molar-refractivity contribution is 9.13. The van der Waals surface area contributed by atoms with Gasteiger partial charge in [-0.25, -0.2) is 28.4 Å². The van der Waals surface area contributed by atoms with Gasteiger partial charge in [0.2, 0.25) is 11.8 Å². The Kier molecular flexibility index (Phi) is 6.63. The minimum Gasteiger partial charge on any atom is -0.503 e. The highest BCUT2D eigenvalue weighted by atomic mass is 79.9. The highest BCUT2D eigenvalue weighted by Crippen LogP contribution is 2.63. The normalized spacial score (nSPS) is 24.0. The molecule has 1 aliphatic carbocycles. The van der Waals surface area contributed by atoms with Gasteiger partial charge in [-0.2, -0.15) is 0 Å².